The molecule has 1 aliphatic rings. The second-order valence-corrected chi connectivity index (χ2v) is 9.81. The van der Waals surface area contributed by atoms with Gasteiger partial charge in [-0.05, 0) is 31.2 Å². The minimum absolute atomic E-state index is 0.122. The Bertz CT molecular complexity index is 1500. The first kappa shape index (κ1) is 22.5. The van der Waals surface area contributed by atoms with Crippen molar-refractivity contribution in [2.45, 2.75) is 17.5 Å². The molecule has 7 nitrogen and oxygen atoms in total. The van der Waals surface area contributed by atoms with Crippen LogP contribution in [0.1, 0.15) is 16.7 Å². The minimum Gasteiger partial charge on any atom is -0.349 e. The summed E-state index contributed by atoms with van der Waals surface area (Å²) in [6.07, 6.45) is 0. The molecule has 0 saturated heterocycles. The molecular weight excluding hydrogens is 458 g/mol. The van der Waals surface area contributed by atoms with Crippen molar-refractivity contribution in [1.82, 2.24) is 4.83 Å². The summed E-state index contributed by atoms with van der Waals surface area (Å²) in [5, 5.41) is 17.1. The van der Waals surface area contributed by atoms with Crippen molar-refractivity contribution in [2.75, 3.05) is 5.32 Å². The van der Waals surface area contributed by atoms with Crippen LogP contribution in [0, 0.1) is 6.92 Å². The lowest BCUT2D eigenvalue weighted by Crippen LogP contribution is -2.44. The Labute approximate surface area is 204 Å². The van der Waals surface area contributed by atoms with Gasteiger partial charge in [-0.15, -0.1) is 5.11 Å². The van der Waals surface area contributed by atoms with Gasteiger partial charge in [-0.3, -0.25) is 0 Å². The molecule has 4 aromatic rings. The highest BCUT2D eigenvalue weighted by Gasteiger charge is 2.42. The summed E-state index contributed by atoms with van der Waals surface area (Å²) < 4.78 is 26.2. The number of hydrogen-bond acceptors (Lipinski definition) is 6. The molecule has 0 aromatic heterocycles. The normalized spacial score (nSPS) is 17.3. The van der Waals surface area contributed by atoms with E-state index >= 15 is 0 Å². The molecular formula is C27H23N5O2S. The van der Waals surface area contributed by atoms with Gasteiger partial charge < -0.3 is 5.32 Å². The largest absolute Gasteiger partial charge is 0.349 e. The van der Waals surface area contributed by atoms with Crippen LogP contribution in [0.5, 0.6) is 0 Å². The molecule has 4 aromatic carbocycles. The maximum Gasteiger partial charge on any atom is 0.276 e. The Morgan fingerprint density at radius 2 is 1.46 bits per heavy atom. The van der Waals surface area contributed by atoms with Gasteiger partial charge in [0.05, 0.1) is 10.6 Å². The van der Waals surface area contributed by atoms with Crippen molar-refractivity contribution >= 4 is 27.1 Å². The Morgan fingerprint density at radius 1 is 0.829 bits per heavy atom. The molecule has 8 heteroatoms. The van der Waals surface area contributed by atoms with Crippen LogP contribution in [-0.4, -0.2) is 14.1 Å². The molecule has 0 bridgehead atoms. The molecule has 1 unspecified atom stereocenters. The second-order valence-electron chi connectivity index (χ2n) is 8.15. The van der Waals surface area contributed by atoms with E-state index in [1.54, 1.807) is 24.3 Å². The summed E-state index contributed by atoms with van der Waals surface area (Å²) in [7, 11) is -3.93. The third-order valence-corrected chi connectivity index (χ3v) is 6.94. The molecule has 0 fully saturated rings. The Kier molecular flexibility index (Phi) is 5.88. The van der Waals surface area contributed by atoms with E-state index in [0.29, 0.717) is 17.0 Å². The van der Waals surface area contributed by atoms with Crippen LogP contribution in [0.3, 0.4) is 0 Å². The average Bonchev–Trinajstić information content (AvgIpc) is 2.90. The van der Waals surface area contributed by atoms with Crippen LogP contribution in [0.2, 0.25) is 0 Å². The molecule has 174 valence electrons. The van der Waals surface area contributed by atoms with Gasteiger partial charge in [0.2, 0.25) is 5.66 Å². The summed E-state index contributed by atoms with van der Waals surface area (Å²) >= 11 is 0. The number of benzene rings is 4. The van der Waals surface area contributed by atoms with Crippen molar-refractivity contribution < 1.29 is 8.42 Å². The molecule has 0 aliphatic carbocycles. The highest BCUT2D eigenvalue weighted by molar-refractivity contribution is 7.89. The number of aryl methyl sites for hydroxylation is 1. The quantitative estimate of drug-likeness (QED) is 0.272. The van der Waals surface area contributed by atoms with Crippen molar-refractivity contribution in [3.05, 3.63) is 126 Å². The van der Waals surface area contributed by atoms with E-state index in [0.717, 1.165) is 16.8 Å². The zero-order valence-electron chi connectivity index (χ0n) is 19.0. The van der Waals surface area contributed by atoms with Crippen molar-refractivity contribution in [3.63, 3.8) is 0 Å². The molecule has 0 spiro atoms. The summed E-state index contributed by atoms with van der Waals surface area (Å²) in [5.74, 6) is 0. The van der Waals surface area contributed by atoms with Crippen LogP contribution in [0.4, 0.5) is 11.4 Å². The minimum atomic E-state index is -3.93. The average molecular weight is 482 g/mol. The Hall–Kier alpha value is -4.30. The number of anilines is 1. The van der Waals surface area contributed by atoms with Gasteiger partial charge >= 0.3 is 0 Å². The first-order valence-electron chi connectivity index (χ1n) is 11.1. The highest BCUT2D eigenvalue weighted by Crippen LogP contribution is 2.41. The van der Waals surface area contributed by atoms with Crippen molar-refractivity contribution in [3.8, 4) is 0 Å². The van der Waals surface area contributed by atoms with E-state index < -0.39 is 15.7 Å². The summed E-state index contributed by atoms with van der Waals surface area (Å²) in [6.45, 7) is 1.90. The molecule has 0 amide bonds. The maximum atomic E-state index is 13.1. The van der Waals surface area contributed by atoms with Gasteiger partial charge in [-0.1, -0.05) is 90.5 Å². The molecule has 1 heterocycles. The zero-order chi connectivity index (χ0) is 24.3. The molecule has 35 heavy (non-hydrogen) atoms. The van der Waals surface area contributed by atoms with Crippen LogP contribution in [0.15, 0.2) is 129 Å². The van der Waals surface area contributed by atoms with E-state index in [2.05, 4.69) is 25.5 Å². The van der Waals surface area contributed by atoms with Crippen LogP contribution >= 0.6 is 0 Å². The lowest BCUT2D eigenvalue weighted by Gasteiger charge is -2.35. The van der Waals surface area contributed by atoms with Crippen molar-refractivity contribution in [2.24, 2.45) is 15.3 Å². The second kappa shape index (κ2) is 9.15. The molecule has 2 N–H and O–H groups in total. The summed E-state index contributed by atoms with van der Waals surface area (Å²) in [6, 6.07) is 33.0. The van der Waals surface area contributed by atoms with Gasteiger partial charge in [0.1, 0.15) is 11.4 Å². The monoisotopic (exact) mass is 481 g/mol. The van der Waals surface area contributed by atoms with E-state index in [-0.39, 0.29) is 4.90 Å². The fourth-order valence-electron chi connectivity index (χ4n) is 3.89. The Balaban J connectivity index is 1.68. The highest BCUT2D eigenvalue weighted by atomic mass is 32.2. The molecule has 1 aliphatic heterocycles. The molecule has 0 radical (unpaired) electrons. The topological polar surface area (TPSA) is 95.3 Å². The third-order valence-electron chi connectivity index (χ3n) is 5.72. The van der Waals surface area contributed by atoms with E-state index in [4.69, 9.17) is 0 Å². The van der Waals surface area contributed by atoms with Crippen LogP contribution in [0.25, 0.3) is 0 Å². The fraction of sp³-hybridized carbons (Fsp3) is 0.0741. The first-order chi connectivity index (χ1) is 17.0. The number of nitrogens with one attached hydrogen (secondary N) is 2. The number of fused-ring (bicyclic) bond motifs is 1. The smallest absolute Gasteiger partial charge is 0.276 e. The van der Waals surface area contributed by atoms with Crippen LogP contribution < -0.4 is 10.1 Å². The molecule has 5 rings (SSSR count). The number of hydrogen-bond donors (Lipinski definition) is 2. The maximum absolute atomic E-state index is 13.1. The van der Waals surface area contributed by atoms with Gasteiger partial charge in [0.25, 0.3) is 10.0 Å². The Morgan fingerprint density at radius 3 is 2.17 bits per heavy atom. The van der Waals surface area contributed by atoms with Gasteiger partial charge in [-0.2, -0.15) is 23.5 Å². The van der Waals surface area contributed by atoms with Gasteiger partial charge in [-0.25, -0.2) is 0 Å². The standard InChI is InChI=1S/C27H23N5O2S/c1-20-16-18-23(19-17-20)35(33,34)32-30-26(21-10-4-2-5-11-21)27(22-12-6-3-7-13-22)28-24-14-8-9-15-25(24)29-31-27/h2-19,28,32H,1H3/b30-26+. The lowest BCUT2D eigenvalue weighted by atomic mass is 9.89. The molecule has 0 saturated carbocycles. The number of hydrazone groups is 1. The van der Waals surface area contributed by atoms with Crippen molar-refractivity contribution in [1.29, 1.82) is 0 Å². The first-order valence-corrected chi connectivity index (χ1v) is 12.5. The van der Waals surface area contributed by atoms with Gasteiger partial charge in [0.15, 0.2) is 0 Å². The van der Waals surface area contributed by atoms with E-state index in [1.807, 2.05) is 91.9 Å². The van der Waals surface area contributed by atoms with E-state index in [9.17, 15) is 8.42 Å². The number of nitrogens with zero attached hydrogens (tertiary/aromatic N) is 3. The SMILES string of the molecule is Cc1ccc(S(=O)(=O)N/N=C(\c2ccccc2)C2(c3ccccc3)N=Nc3ccccc3N2)cc1. The number of azo groups is 1. The van der Waals surface area contributed by atoms with Gasteiger partial charge in [0, 0.05) is 11.1 Å². The predicted octanol–water partition coefficient (Wildman–Crippen LogP) is 5.74. The number of para-hydroxylation sites is 1. The predicted molar refractivity (Wildman–Crippen MR) is 137 cm³/mol. The number of sulfonamides is 1. The van der Waals surface area contributed by atoms with E-state index in [1.165, 1.54) is 0 Å². The third kappa shape index (κ3) is 4.43. The molecule has 1 atom stereocenters. The zero-order valence-corrected chi connectivity index (χ0v) is 19.8. The summed E-state index contributed by atoms with van der Waals surface area (Å²) in [5.41, 5.74) is 2.95. The summed E-state index contributed by atoms with van der Waals surface area (Å²) in [4.78, 5) is 2.55. The number of rotatable bonds is 6. The fourth-order valence-corrected chi connectivity index (χ4v) is 4.71. The lowest BCUT2D eigenvalue weighted by molar-refractivity contribution is 0.582. The van der Waals surface area contributed by atoms with Crippen LogP contribution in [-0.2, 0) is 15.7 Å².